The minimum Gasteiger partial charge on any atom is -0.468 e. The van der Waals surface area contributed by atoms with Gasteiger partial charge in [0.1, 0.15) is 0 Å². The summed E-state index contributed by atoms with van der Waals surface area (Å²) in [4.78, 5) is 23.0. The number of aryl methyl sites for hydroxylation is 1. The van der Waals surface area contributed by atoms with E-state index in [4.69, 9.17) is 9.26 Å². The summed E-state index contributed by atoms with van der Waals surface area (Å²) in [7, 11) is 0. The van der Waals surface area contributed by atoms with Gasteiger partial charge in [0, 0.05) is 44.2 Å². The molecular formula is C24H32F3N5O3. The van der Waals surface area contributed by atoms with Crippen LogP contribution in [0.15, 0.2) is 16.7 Å². The van der Waals surface area contributed by atoms with Gasteiger partial charge in [-0.3, -0.25) is 4.79 Å². The van der Waals surface area contributed by atoms with Gasteiger partial charge in [-0.1, -0.05) is 11.2 Å². The maximum Gasteiger partial charge on any atom is 0.422 e. The Morgan fingerprint density at radius 1 is 1.17 bits per heavy atom. The predicted molar refractivity (Wildman–Crippen MR) is 121 cm³/mol. The van der Waals surface area contributed by atoms with Crippen LogP contribution in [0.3, 0.4) is 0 Å². The molecule has 3 heterocycles. The normalized spacial score (nSPS) is 21.3. The number of aromatic nitrogens is 3. The first-order chi connectivity index (χ1) is 16.7. The summed E-state index contributed by atoms with van der Waals surface area (Å²) in [6.45, 7) is 3.12. The van der Waals surface area contributed by atoms with E-state index in [0.29, 0.717) is 24.1 Å². The smallest absolute Gasteiger partial charge is 0.422 e. The first kappa shape index (κ1) is 25.4. The van der Waals surface area contributed by atoms with Crippen molar-refractivity contribution in [3.05, 3.63) is 35.1 Å². The number of halogens is 3. The van der Waals surface area contributed by atoms with Crippen molar-refractivity contribution in [1.29, 1.82) is 0 Å². The zero-order valence-corrected chi connectivity index (χ0v) is 19.9. The van der Waals surface area contributed by atoms with Crippen LogP contribution in [0.5, 0.6) is 5.88 Å². The van der Waals surface area contributed by atoms with Crippen molar-refractivity contribution in [2.75, 3.05) is 26.2 Å². The molecule has 192 valence electrons. The number of ether oxygens (including phenoxy) is 1. The SMILES string of the molecule is Cc1nc(CC(=O)N[C@H]2CC[C@H](CCN3CCc4ccc(OCC(F)(F)F)nc4CC3)CC2)no1. The van der Waals surface area contributed by atoms with Gasteiger partial charge < -0.3 is 19.5 Å². The highest BCUT2D eigenvalue weighted by molar-refractivity contribution is 5.78. The standard InChI is InChI=1S/C24H32F3N5O3/c1-16-28-21(31-35-16)14-22(33)29-19-5-2-17(3-6-19)8-11-32-12-9-18-4-7-23(30-20(18)10-13-32)34-15-24(25,26)27/h4,7,17,19H,2-3,5-6,8-15H2,1H3,(H,29,33)/t17-,19-. The predicted octanol–water partition coefficient (Wildman–Crippen LogP) is 3.42. The van der Waals surface area contributed by atoms with Gasteiger partial charge in [0.05, 0.1) is 6.42 Å². The molecule has 1 aliphatic heterocycles. The summed E-state index contributed by atoms with van der Waals surface area (Å²) in [5.74, 6) is 1.46. The molecule has 2 aliphatic rings. The fraction of sp³-hybridized carbons (Fsp3) is 0.667. The molecule has 0 bridgehead atoms. The van der Waals surface area contributed by atoms with Crippen molar-refractivity contribution >= 4 is 5.91 Å². The van der Waals surface area contributed by atoms with Crippen molar-refractivity contribution < 1.29 is 27.2 Å². The first-order valence-corrected chi connectivity index (χ1v) is 12.2. The van der Waals surface area contributed by atoms with E-state index in [9.17, 15) is 18.0 Å². The molecular weight excluding hydrogens is 463 g/mol. The van der Waals surface area contributed by atoms with Gasteiger partial charge >= 0.3 is 6.18 Å². The van der Waals surface area contributed by atoms with Crippen molar-refractivity contribution in [2.24, 2.45) is 5.92 Å². The molecule has 4 rings (SSSR count). The van der Waals surface area contributed by atoms with Crippen LogP contribution in [-0.4, -0.2) is 64.4 Å². The Balaban J connectivity index is 1.16. The Labute approximate surface area is 202 Å². The van der Waals surface area contributed by atoms with Crippen LogP contribution in [-0.2, 0) is 24.1 Å². The fourth-order valence-corrected chi connectivity index (χ4v) is 4.86. The number of hydrogen-bond donors (Lipinski definition) is 1. The van der Waals surface area contributed by atoms with Gasteiger partial charge in [-0.15, -0.1) is 0 Å². The van der Waals surface area contributed by atoms with Gasteiger partial charge in [-0.2, -0.15) is 18.2 Å². The lowest BCUT2D eigenvalue weighted by molar-refractivity contribution is -0.154. The molecule has 1 amide bonds. The van der Waals surface area contributed by atoms with Gasteiger partial charge in [0.25, 0.3) is 0 Å². The summed E-state index contributed by atoms with van der Waals surface area (Å²) >= 11 is 0. The number of fused-ring (bicyclic) bond motifs is 1. The molecule has 0 radical (unpaired) electrons. The maximum atomic E-state index is 12.4. The lowest BCUT2D eigenvalue weighted by Crippen LogP contribution is -2.39. The van der Waals surface area contributed by atoms with Gasteiger partial charge in [0.2, 0.25) is 17.7 Å². The van der Waals surface area contributed by atoms with Gasteiger partial charge in [0.15, 0.2) is 12.4 Å². The average Bonchev–Trinajstić information content (AvgIpc) is 3.10. The monoisotopic (exact) mass is 495 g/mol. The lowest BCUT2D eigenvalue weighted by Gasteiger charge is -2.30. The quantitative estimate of drug-likeness (QED) is 0.600. The third-order valence-corrected chi connectivity index (χ3v) is 6.74. The van der Waals surface area contributed by atoms with Crippen molar-refractivity contribution in [2.45, 2.75) is 70.5 Å². The summed E-state index contributed by atoms with van der Waals surface area (Å²) in [5, 5.41) is 6.86. The highest BCUT2D eigenvalue weighted by atomic mass is 19.4. The van der Waals surface area contributed by atoms with Crippen LogP contribution < -0.4 is 10.1 Å². The molecule has 1 N–H and O–H groups in total. The molecule has 0 spiro atoms. The zero-order chi connectivity index (χ0) is 24.8. The Morgan fingerprint density at radius 3 is 2.66 bits per heavy atom. The highest BCUT2D eigenvalue weighted by Crippen LogP contribution is 2.28. The molecule has 1 fully saturated rings. The number of carbonyl (C=O) groups excluding carboxylic acids is 1. The van der Waals surface area contributed by atoms with Gasteiger partial charge in [-0.05, 0) is 56.6 Å². The summed E-state index contributed by atoms with van der Waals surface area (Å²) in [6, 6.07) is 3.56. The molecule has 2 aromatic rings. The molecule has 8 nitrogen and oxygen atoms in total. The average molecular weight is 496 g/mol. The Bertz CT molecular complexity index is 989. The molecule has 35 heavy (non-hydrogen) atoms. The Hall–Kier alpha value is -2.69. The molecule has 0 unspecified atom stereocenters. The molecule has 2 aromatic heterocycles. The maximum absolute atomic E-state index is 12.4. The minimum absolute atomic E-state index is 0.0331. The van der Waals surface area contributed by atoms with Crippen LogP contribution in [0.4, 0.5) is 13.2 Å². The number of alkyl halides is 3. The largest absolute Gasteiger partial charge is 0.468 e. The zero-order valence-electron chi connectivity index (χ0n) is 19.9. The molecule has 11 heteroatoms. The van der Waals surface area contributed by atoms with E-state index in [2.05, 4.69) is 25.3 Å². The van der Waals surface area contributed by atoms with Crippen LogP contribution in [0, 0.1) is 12.8 Å². The number of carbonyl (C=O) groups is 1. The molecule has 0 saturated heterocycles. The van der Waals surface area contributed by atoms with E-state index in [1.807, 2.05) is 6.07 Å². The van der Waals surface area contributed by atoms with Gasteiger partial charge in [-0.25, -0.2) is 4.98 Å². The van der Waals surface area contributed by atoms with Crippen LogP contribution in [0.1, 0.15) is 55.1 Å². The number of nitrogens with zero attached hydrogens (tertiary/aromatic N) is 4. The molecule has 1 aliphatic carbocycles. The number of rotatable bonds is 8. The van der Waals surface area contributed by atoms with E-state index in [0.717, 1.165) is 69.4 Å². The second-order valence-corrected chi connectivity index (χ2v) is 9.48. The fourth-order valence-electron chi connectivity index (χ4n) is 4.86. The minimum atomic E-state index is -4.37. The third-order valence-electron chi connectivity index (χ3n) is 6.74. The summed E-state index contributed by atoms with van der Waals surface area (Å²) in [5.41, 5.74) is 1.92. The van der Waals surface area contributed by atoms with E-state index >= 15 is 0 Å². The van der Waals surface area contributed by atoms with Crippen molar-refractivity contribution in [3.8, 4) is 5.88 Å². The molecule has 0 aromatic carbocycles. The van der Waals surface area contributed by atoms with E-state index in [1.165, 1.54) is 6.07 Å². The van der Waals surface area contributed by atoms with E-state index in [1.54, 1.807) is 6.92 Å². The summed E-state index contributed by atoms with van der Waals surface area (Å²) < 4.78 is 46.9. The Kier molecular flexibility index (Phi) is 8.25. The topological polar surface area (TPSA) is 93.4 Å². The van der Waals surface area contributed by atoms with E-state index in [-0.39, 0.29) is 24.2 Å². The number of hydrogen-bond acceptors (Lipinski definition) is 7. The van der Waals surface area contributed by atoms with Crippen LogP contribution >= 0.6 is 0 Å². The number of pyridine rings is 1. The molecule has 1 saturated carbocycles. The van der Waals surface area contributed by atoms with Crippen molar-refractivity contribution in [1.82, 2.24) is 25.3 Å². The van der Waals surface area contributed by atoms with E-state index < -0.39 is 12.8 Å². The van der Waals surface area contributed by atoms with Crippen LogP contribution in [0.2, 0.25) is 0 Å². The Morgan fingerprint density at radius 2 is 1.94 bits per heavy atom. The molecule has 0 atom stereocenters. The van der Waals surface area contributed by atoms with Crippen molar-refractivity contribution in [3.63, 3.8) is 0 Å². The summed E-state index contributed by atoms with van der Waals surface area (Å²) in [6.07, 6.45) is 2.52. The second kappa shape index (κ2) is 11.4. The third kappa shape index (κ3) is 7.91. The number of nitrogens with one attached hydrogen (secondary N) is 1. The highest BCUT2D eigenvalue weighted by Gasteiger charge is 2.29. The van der Waals surface area contributed by atoms with Crippen LogP contribution in [0.25, 0.3) is 0 Å². The number of amides is 1. The lowest BCUT2D eigenvalue weighted by atomic mass is 9.84. The second-order valence-electron chi connectivity index (χ2n) is 9.48. The first-order valence-electron chi connectivity index (χ1n) is 12.2.